The zero-order chi connectivity index (χ0) is 14.8. The Bertz CT molecular complexity index is 581. The molecule has 0 bridgehead atoms. The van der Waals surface area contributed by atoms with Crippen molar-refractivity contribution < 1.29 is 8.42 Å². The standard InChI is InChI=1S/C12H16ClN3O2S2/c1-20(17,18)16-8-6-15(7-9-16)12(19)14-11-4-2-10(13)3-5-11/h2-5H,6-9H2,1H3,(H,14,19). The molecule has 20 heavy (non-hydrogen) atoms. The van der Waals surface area contributed by atoms with Crippen molar-refractivity contribution in [2.45, 2.75) is 0 Å². The van der Waals surface area contributed by atoms with E-state index in [-0.39, 0.29) is 0 Å². The number of rotatable bonds is 2. The number of anilines is 1. The van der Waals surface area contributed by atoms with Crippen LogP contribution in [-0.2, 0) is 10.0 Å². The Kier molecular flexibility index (Phi) is 4.85. The first-order valence-electron chi connectivity index (χ1n) is 6.13. The molecule has 1 saturated heterocycles. The van der Waals surface area contributed by atoms with Gasteiger partial charge in [0.25, 0.3) is 0 Å². The number of sulfonamides is 1. The second-order valence-electron chi connectivity index (χ2n) is 4.59. The third kappa shape index (κ3) is 4.05. The van der Waals surface area contributed by atoms with Crippen LogP contribution in [0, 0.1) is 0 Å². The molecule has 1 heterocycles. The maximum absolute atomic E-state index is 11.4. The quantitative estimate of drug-likeness (QED) is 0.833. The van der Waals surface area contributed by atoms with Gasteiger partial charge in [0.2, 0.25) is 10.0 Å². The van der Waals surface area contributed by atoms with Gasteiger partial charge in [0.05, 0.1) is 6.26 Å². The monoisotopic (exact) mass is 333 g/mol. The molecule has 8 heteroatoms. The second-order valence-corrected chi connectivity index (χ2v) is 7.39. The van der Waals surface area contributed by atoms with Gasteiger partial charge in [-0.15, -0.1) is 0 Å². The fraction of sp³-hybridized carbons (Fsp3) is 0.417. The minimum absolute atomic E-state index is 0.460. The highest BCUT2D eigenvalue weighted by atomic mass is 35.5. The van der Waals surface area contributed by atoms with Gasteiger partial charge in [-0.05, 0) is 36.5 Å². The van der Waals surface area contributed by atoms with Crippen LogP contribution in [-0.4, -0.2) is 55.2 Å². The Morgan fingerprint density at radius 2 is 1.75 bits per heavy atom. The third-order valence-electron chi connectivity index (χ3n) is 3.09. The first-order chi connectivity index (χ1) is 9.36. The number of hydrogen-bond donors (Lipinski definition) is 1. The van der Waals surface area contributed by atoms with Crippen LogP contribution in [0.4, 0.5) is 5.69 Å². The maximum Gasteiger partial charge on any atom is 0.211 e. The van der Waals surface area contributed by atoms with E-state index in [0.717, 1.165) is 5.69 Å². The SMILES string of the molecule is CS(=O)(=O)N1CCN(C(=S)Nc2ccc(Cl)cc2)CC1. The van der Waals surface area contributed by atoms with Crippen molar-refractivity contribution in [2.24, 2.45) is 0 Å². The van der Waals surface area contributed by atoms with Crippen molar-refractivity contribution >= 4 is 44.6 Å². The minimum atomic E-state index is -3.11. The molecule has 0 amide bonds. The van der Waals surface area contributed by atoms with Crippen LogP contribution < -0.4 is 5.32 Å². The normalized spacial score (nSPS) is 17.0. The van der Waals surface area contributed by atoms with Gasteiger partial charge in [0.15, 0.2) is 5.11 Å². The zero-order valence-corrected chi connectivity index (χ0v) is 13.4. The van der Waals surface area contributed by atoms with Crippen LogP contribution in [0.2, 0.25) is 5.02 Å². The van der Waals surface area contributed by atoms with Crippen LogP contribution in [0.3, 0.4) is 0 Å². The molecular formula is C12H16ClN3O2S2. The molecule has 0 radical (unpaired) electrons. The van der Waals surface area contributed by atoms with Crippen molar-refractivity contribution in [1.29, 1.82) is 0 Å². The third-order valence-corrected chi connectivity index (χ3v) is 5.01. The van der Waals surface area contributed by atoms with Crippen LogP contribution >= 0.6 is 23.8 Å². The van der Waals surface area contributed by atoms with Gasteiger partial charge >= 0.3 is 0 Å². The lowest BCUT2D eigenvalue weighted by Gasteiger charge is -2.34. The summed E-state index contributed by atoms with van der Waals surface area (Å²) in [4.78, 5) is 1.96. The molecule has 0 aliphatic carbocycles. The van der Waals surface area contributed by atoms with Crippen LogP contribution in [0.1, 0.15) is 0 Å². The smallest absolute Gasteiger partial charge is 0.211 e. The predicted molar refractivity (Wildman–Crippen MR) is 85.7 cm³/mol. The number of hydrogen-bond acceptors (Lipinski definition) is 3. The van der Waals surface area contributed by atoms with Gasteiger partial charge in [-0.1, -0.05) is 11.6 Å². The first-order valence-corrected chi connectivity index (χ1v) is 8.76. The molecule has 1 fully saturated rings. The molecule has 5 nitrogen and oxygen atoms in total. The number of thiocarbonyl (C=S) groups is 1. The number of nitrogens with zero attached hydrogens (tertiary/aromatic N) is 2. The highest BCUT2D eigenvalue weighted by Crippen LogP contribution is 2.15. The second kappa shape index (κ2) is 6.26. The van der Waals surface area contributed by atoms with E-state index in [1.807, 2.05) is 17.0 Å². The van der Waals surface area contributed by atoms with Crippen LogP contribution in [0.25, 0.3) is 0 Å². The van der Waals surface area contributed by atoms with E-state index in [9.17, 15) is 8.42 Å². The Morgan fingerprint density at radius 1 is 1.20 bits per heavy atom. The summed E-state index contributed by atoms with van der Waals surface area (Å²) in [5.74, 6) is 0. The number of halogens is 1. The minimum Gasteiger partial charge on any atom is -0.346 e. The lowest BCUT2D eigenvalue weighted by atomic mass is 10.3. The van der Waals surface area contributed by atoms with E-state index >= 15 is 0 Å². The molecule has 1 aliphatic heterocycles. The fourth-order valence-electron chi connectivity index (χ4n) is 1.96. The summed E-state index contributed by atoms with van der Waals surface area (Å²) in [7, 11) is -3.11. The van der Waals surface area contributed by atoms with Gasteiger partial charge in [-0.3, -0.25) is 0 Å². The van der Waals surface area contributed by atoms with Gasteiger partial charge in [0.1, 0.15) is 0 Å². The highest BCUT2D eigenvalue weighted by molar-refractivity contribution is 7.88. The number of nitrogens with one attached hydrogen (secondary N) is 1. The van der Waals surface area contributed by atoms with E-state index in [4.69, 9.17) is 23.8 Å². The number of benzene rings is 1. The zero-order valence-electron chi connectivity index (χ0n) is 11.0. The van der Waals surface area contributed by atoms with Crippen molar-refractivity contribution in [3.05, 3.63) is 29.3 Å². The number of piperazine rings is 1. The molecule has 1 aromatic rings. The Morgan fingerprint density at radius 3 is 2.25 bits per heavy atom. The van der Waals surface area contributed by atoms with Gasteiger partial charge in [0, 0.05) is 36.9 Å². The molecule has 1 aromatic carbocycles. The molecular weight excluding hydrogens is 318 g/mol. The summed E-state index contributed by atoms with van der Waals surface area (Å²) in [5.41, 5.74) is 0.866. The van der Waals surface area contributed by atoms with Crippen LogP contribution in [0.15, 0.2) is 24.3 Å². The van der Waals surface area contributed by atoms with Gasteiger partial charge in [-0.2, -0.15) is 4.31 Å². The summed E-state index contributed by atoms with van der Waals surface area (Å²) in [6.07, 6.45) is 1.23. The van der Waals surface area contributed by atoms with E-state index in [1.54, 1.807) is 12.1 Å². The van der Waals surface area contributed by atoms with E-state index < -0.39 is 10.0 Å². The summed E-state index contributed by atoms with van der Waals surface area (Å²) < 4.78 is 24.3. The van der Waals surface area contributed by atoms with Gasteiger partial charge in [-0.25, -0.2) is 8.42 Å². The molecule has 0 spiro atoms. The average Bonchev–Trinajstić information content (AvgIpc) is 2.40. The molecule has 1 aliphatic rings. The van der Waals surface area contributed by atoms with E-state index in [0.29, 0.717) is 36.3 Å². The summed E-state index contributed by atoms with van der Waals surface area (Å²) in [6.45, 7) is 2.10. The Hall–Kier alpha value is -0.890. The van der Waals surface area contributed by atoms with Crippen molar-refractivity contribution in [3.63, 3.8) is 0 Å². The average molecular weight is 334 g/mol. The molecule has 0 unspecified atom stereocenters. The summed E-state index contributed by atoms with van der Waals surface area (Å²) in [5, 5.41) is 4.39. The lowest BCUT2D eigenvalue weighted by molar-refractivity contribution is 0.270. The largest absolute Gasteiger partial charge is 0.346 e. The van der Waals surface area contributed by atoms with E-state index in [1.165, 1.54) is 10.6 Å². The maximum atomic E-state index is 11.4. The van der Waals surface area contributed by atoms with Gasteiger partial charge < -0.3 is 10.2 Å². The fourth-order valence-corrected chi connectivity index (χ4v) is 3.21. The lowest BCUT2D eigenvalue weighted by Crippen LogP contribution is -2.51. The van der Waals surface area contributed by atoms with Crippen LogP contribution in [0.5, 0.6) is 0 Å². The molecule has 0 atom stereocenters. The predicted octanol–water partition coefficient (Wildman–Crippen LogP) is 1.61. The van der Waals surface area contributed by atoms with Crippen molar-refractivity contribution in [1.82, 2.24) is 9.21 Å². The summed E-state index contributed by atoms with van der Waals surface area (Å²) >= 11 is 11.2. The molecule has 110 valence electrons. The highest BCUT2D eigenvalue weighted by Gasteiger charge is 2.24. The molecule has 2 rings (SSSR count). The van der Waals surface area contributed by atoms with Crippen molar-refractivity contribution in [2.75, 3.05) is 37.8 Å². The Labute approximate surface area is 129 Å². The molecule has 0 aromatic heterocycles. The van der Waals surface area contributed by atoms with Crippen molar-refractivity contribution in [3.8, 4) is 0 Å². The molecule has 0 saturated carbocycles. The molecule has 1 N–H and O–H groups in total. The summed E-state index contributed by atoms with van der Waals surface area (Å²) in [6, 6.07) is 7.27. The topological polar surface area (TPSA) is 52.7 Å². The Balaban J connectivity index is 1.90. The van der Waals surface area contributed by atoms with E-state index in [2.05, 4.69) is 5.32 Å². The first kappa shape index (κ1) is 15.5.